The predicted molar refractivity (Wildman–Crippen MR) is 50.1 cm³/mol. The van der Waals surface area contributed by atoms with Gasteiger partial charge in [0.2, 0.25) is 0 Å². The molecule has 2 rings (SSSR count). The number of ether oxygens (including phenoxy) is 1. The molecule has 2 saturated carbocycles. The Morgan fingerprint density at radius 1 is 1.17 bits per heavy atom. The molecule has 0 radical (unpaired) electrons. The number of methoxy groups -OCH3 is 1. The fourth-order valence-corrected chi connectivity index (χ4v) is 2.61. The van der Waals surface area contributed by atoms with Crippen LogP contribution in [-0.2, 0) is 4.74 Å². The highest BCUT2D eigenvalue weighted by molar-refractivity contribution is 4.89. The van der Waals surface area contributed by atoms with E-state index >= 15 is 0 Å². The Labute approximate surface area is 75.5 Å². The molecule has 2 unspecified atom stereocenters. The topological polar surface area (TPSA) is 9.23 Å². The molecular formula is C11H20O. The van der Waals surface area contributed by atoms with Crippen molar-refractivity contribution < 1.29 is 4.74 Å². The lowest BCUT2D eigenvalue weighted by Crippen LogP contribution is -2.08. The summed E-state index contributed by atoms with van der Waals surface area (Å²) in [6.07, 6.45) is 10.9. The van der Waals surface area contributed by atoms with Gasteiger partial charge in [0.05, 0.1) is 6.10 Å². The van der Waals surface area contributed by atoms with Crippen LogP contribution in [0.2, 0.25) is 0 Å². The molecule has 0 aliphatic heterocycles. The Hall–Kier alpha value is -0.0400. The van der Waals surface area contributed by atoms with Crippen molar-refractivity contribution in [2.24, 2.45) is 11.8 Å². The first-order valence-electron chi connectivity index (χ1n) is 5.43. The molecular weight excluding hydrogens is 148 g/mol. The molecule has 2 aliphatic carbocycles. The Morgan fingerprint density at radius 3 is 2.50 bits per heavy atom. The third-order valence-electron chi connectivity index (χ3n) is 3.52. The molecule has 70 valence electrons. The van der Waals surface area contributed by atoms with Crippen LogP contribution >= 0.6 is 0 Å². The summed E-state index contributed by atoms with van der Waals surface area (Å²) in [7, 11) is 1.85. The molecule has 0 bridgehead atoms. The highest BCUT2D eigenvalue weighted by atomic mass is 16.5. The summed E-state index contributed by atoms with van der Waals surface area (Å²) in [5.74, 6) is 1.97. The number of hydrogen-bond donors (Lipinski definition) is 0. The first-order valence-corrected chi connectivity index (χ1v) is 5.43. The molecule has 0 N–H and O–H groups in total. The maximum atomic E-state index is 5.32. The van der Waals surface area contributed by atoms with Crippen molar-refractivity contribution in [3.63, 3.8) is 0 Å². The minimum absolute atomic E-state index is 0.631. The molecule has 1 nitrogen and oxygen atoms in total. The van der Waals surface area contributed by atoms with Gasteiger partial charge in [-0.3, -0.25) is 0 Å². The number of rotatable bonds is 3. The second-order valence-corrected chi connectivity index (χ2v) is 4.51. The summed E-state index contributed by atoms with van der Waals surface area (Å²) >= 11 is 0. The van der Waals surface area contributed by atoms with Gasteiger partial charge >= 0.3 is 0 Å². The first kappa shape index (κ1) is 8.55. The van der Waals surface area contributed by atoms with E-state index in [1.54, 1.807) is 0 Å². The molecule has 0 spiro atoms. The predicted octanol–water partition coefficient (Wildman–Crippen LogP) is 2.99. The van der Waals surface area contributed by atoms with Crippen LogP contribution in [0.4, 0.5) is 0 Å². The lowest BCUT2D eigenvalue weighted by Gasteiger charge is -2.21. The quantitative estimate of drug-likeness (QED) is 0.629. The zero-order valence-electron chi connectivity index (χ0n) is 8.09. The average Bonchev–Trinajstić information content (AvgIpc) is 2.85. The van der Waals surface area contributed by atoms with Gasteiger partial charge < -0.3 is 4.74 Å². The van der Waals surface area contributed by atoms with Gasteiger partial charge in [0.1, 0.15) is 0 Å². The Bertz CT molecular complexity index is 138. The maximum absolute atomic E-state index is 5.32. The zero-order valence-corrected chi connectivity index (χ0v) is 8.09. The Kier molecular flexibility index (Phi) is 2.69. The van der Waals surface area contributed by atoms with Crippen molar-refractivity contribution in [1.82, 2.24) is 0 Å². The molecule has 2 fully saturated rings. The highest BCUT2D eigenvalue weighted by Crippen LogP contribution is 2.41. The minimum Gasteiger partial charge on any atom is -0.381 e. The summed E-state index contributed by atoms with van der Waals surface area (Å²) in [5, 5.41) is 0. The van der Waals surface area contributed by atoms with Crippen molar-refractivity contribution in [2.75, 3.05) is 7.11 Å². The van der Waals surface area contributed by atoms with Gasteiger partial charge in [0, 0.05) is 7.11 Å². The smallest absolute Gasteiger partial charge is 0.0604 e. The molecule has 0 saturated heterocycles. The lowest BCUT2D eigenvalue weighted by molar-refractivity contribution is 0.161. The summed E-state index contributed by atoms with van der Waals surface area (Å²) in [6, 6.07) is 0. The van der Waals surface area contributed by atoms with E-state index < -0.39 is 0 Å². The third kappa shape index (κ3) is 2.01. The standard InChI is InChI=1S/C11H20O/c1-12-11-8-10(11)7-9-5-3-2-4-6-9/h9-11H,2-8H2,1H3. The van der Waals surface area contributed by atoms with Crippen molar-refractivity contribution in [1.29, 1.82) is 0 Å². The minimum atomic E-state index is 0.631. The third-order valence-corrected chi connectivity index (χ3v) is 3.52. The van der Waals surface area contributed by atoms with E-state index in [1.165, 1.54) is 44.9 Å². The first-order chi connectivity index (χ1) is 5.90. The van der Waals surface area contributed by atoms with E-state index in [4.69, 9.17) is 4.74 Å². The van der Waals surface area contributed by atoms with E-state index in [0.29, 0.717) is 6.10 Å². The van der Waals surface area contributed by atoms with Crippen LogP contribution in [0.5, 0.6) is 0 Å². The van der Waals surface area contributed by atoms with Gasteiger partial charge in [-0.25, -0.2) is 0 Å². The van der Waals surface area contributed by atoms with Crippen molar-refractivity contribution in [3.05, 3.63) is 0 Å². The molecule has 2 atom stereocenters. The fraction of sp³-hybridized carbons (Fsp3) is 1.00. The van der Waals surface area contributed by atoms with E-state index in [-0.39, 0.29) is 0 Å². The van der Waals surface area contributed by atoms with E-state index in [9.17, 15) is 0 Å². The maximum Gasteiger partial charge on any atom is 0.0604 e. The van der Waals surface area contributed by atoms with Crippen LogP contribution in [0.3, 0.4) is 0 Å². The van der Waals surface area contributed by atoms with Crippen molar-refractivity contribution in [3.8, 4) is 0 Å². The Morgan fingerprint density at radius 2 is 1.92 bits per heavy atom. The van der Waals surface area contributed by atoms with Gasteiger partial charge in [0.15, 0.2) is 0 Å². The fourth-order valence-electron chi connectivity index (χ4n) is 2.61. The van der Waals surface area contributed by atoms with Gasteiger partial charge in [-0.1, -0.05) is 32.1 Å². The van der Waals surface area contributed by atoms with E-state index in [2.05, 4.69) is 0 Å². The molecule has 12 heavy (non-hydrogen) atoms. The lowest BCUT2D eigenvalue weighted by atomic mass is 9.85. The SMILES string of the molecule is COC1CC1CC1CCCCC1. The molecule has 0 heterocycles. The van der Waals surface area contributed by atoms with Crippen molar-refractivity contribution in [2.45, 2.75) is 51.0 Å². The molecule has 2 aliphatic rings. The zero-order chi connectivity index (χ0) is 8.39. The van der Waals surface area contributed by atoms with Crippen LogP contribution < -0.4 is 0 Å². The second-order valence-electron chi connectivity index (χ2n) is 4.51. The highest BCUT2D eigenvalue weighted by Gasteiger charge is 2.38. The van der Waals surface area contributed by atoms with Crippen LogP contribution in [0, 0.1) is 11.8 Å². The van der Waals surface area contributed by atoms with Crippen LogP contribution in [-0.4, -0.2) is 13.2 Å². The van der Waals surface area contributed by atoms with Crippen LogP contribution in [0.1, 0.15) is 44.9 Å². The summed E-state index contributed by atoms with van der Waals surface area (Å²) in [4.78, 5) is 0. The molecule has 0 amide bonds. The largest absolute Gasteiger partial charge is 0.381 e. The van der Waals surface area contributed by atoms with Gasteiger partial charge in [-0.05, 0) is 24.7 Å². The molecule has 0 aromatic heterocycles. The van der Waals surface area contributed by atoms with Crippen molar-refractivity contribution >= 4 is 0 Å². The number of hydrogen-bond acceptors (Lipinski definition) is 1. The van der Waals surface area contributed by atoms with E-state index in [0.717, 1.165) is 11.8 Å². The molecule has 0 aromatic carbocycles. The summed E-state index contributed by atoms with van der Waals surface area (Å²) in [6.45, 7) is 0. The second kappa shape index (κ2) is 3.78. The van der Waals surface area contributed by atoms with Gasteiger partial charge in [-0.2, -0.15) is 0 Å². The van der Waals surface area contributed by atoms with Gasteiger partial charge in [0.25, 0.3) is 0 Å². The van der Waals surface area contributed by atoms with Crippen LogP contribution in [0.25, 0.3) is 0 Å². The summed E-state index contributed by atoms with van der Waals surface area (Å²) in [5.41, 5.74) is 0. The normalized spacial score (nSPS) is 36.8. The van der Waals surface area contributed by atoms with Crippen LogP contribution in [0.15, 0.2) is 0 Å². The molecule has 0 aromatic rings. The molecule has 1 heteroatoms. The van der Waals surface area contributed by atoms with Gasteiger partial charge in [-0.15, -0.1) is 0 Å². The Balaban J connectivity index is 1.66. The average molecular weight is 168 g/mol. The van der Waals surface area contributed by atoms with E-state index in [1.807, 2.05) is 7.11 Å². The summed E-state index contributed by atoms with van der Waals surface area (Å²) < 4.78 is 5.32. The monoisotopic (exact) mass is 168 g/mol.